The number of hydrogen-bond donors (Lipinski definition) is 1. The zero-order chi connectivity index (χ0) is 35.4. The van der Waals surface area contributed by atoms with E-state index in [1.54, 1.807) is 24.3 Å². The van der Waals surface area contributed by atoms with Gasteiger partial charge in [-0.15, -0.1) is 0 Å². The molecule has 10 nitrogen and oxygen atoms in total. The first-order valence-corrected chi connectivity index (χ1v) is 17.7. The third kappa shape index (κ3) is 9.32. The van der Waals surface area contributed by atoms with Gasteiger partial charge >= 0.3 is 0 Å². The molecule has 4 aromatic rings. The van der Waals surface area contributed by atoms with Crippen molar-refractivity contribution in [3.8, 4) is 17.2 Å². The molecule has 0 aliphatic heterocycles. The van der Waals surface area contributed by atoms with Gasteiger partial charge in [-0.2, -0.15) is 0 Å². The van der Waals surface area contributed by atoms with Crippen molar-refractivity contribution in [3.63, 3.8) is 0 Å². The molecule has 0 aliphatic carbocycles. The predicted molar refractivity (Wildman–Crippen MR) is 191 cm³/mol. The highest BCUT2D eigenvalue weighted by Crippen LogP contribution is 2.33. The number of ether oxygens (including phenoxy) is 3. The van der Waals surface area contributed by atoms with E-state index in [0.717, 1.165) is 21.0 Å². The monoisotopic (exact) mass is 687 g/mol. The molecule has 260 valence electrons. The molecule has 0 unspecified atom stereocenters. The van der Waals surface area contributed by atoms with E-state index in [2.05, 4.69) is 5.32 Å². The standard InChI is InChI=1S/C38H45N3O7S/c1-6-23-39-38(43)34(24-29-14-9-8-10-15-29)40(26-30-16-12-11-13-28(30)3)37(42)27-41(31-17-19-32(20-18-31)48-7-2)49(44,45)33-21-22-35(46-4)36(25-33)47-5/h8-22,25,34H,6-7,23-24,26-27H2,1-5H3,(H,39,43)/t34-/m1/s1. The van der Waals surface area contributed by atoms with Crippen molar-refractivity contribution < 1.29 is 32.2 Å². The fourth-order valence-corrected chi connectivity index (χ4v) is 6.83. The first-order valence-electron chi connectivity index (χ1n) is 16.3. The highest BCUT2D eigenvalue weighted by Gasteiger charge is 2.35. The molecule has 0 heterocycles. The third-order valence-electron chi connectivity index (χ3n) is 8.08. The molecule has 2 amide bonds. The number of anilines is 1. The van der Waals surface area contributed by atoms with E-state index in [1.807, 2.05) is 75.4 Å². The Hall–Kier alpha value is -5.03. The summed E-state index contributed by atoms with van der Waals surface area (Å²) in [6.45, 7) is 6.13. The molecule has 4 rings (SSSR count). The fourth-order valence-electron chi connectivity index (χ4n) is 5.40. The second-order valence-electron chi connectivity index (χ2n) is 11.4. The van der Waals surface area contributed by atoms with Crippen LogP contribution in [0.2, 0.25) is 0 Å². The number of hydrogen-bond acceptors (Lipinski definition) is 7. The Morgan fingerprint density at radius 3 is 2.14 bits per heavy atom. The molecule has 4 aromatic carbocycles. The number of rotatable bonds is 17. The molecule has 11 heteroatoms. The Labute approximate surface area is 289 Å². The van der Waals surface area contributed by atoms with E-state index in [0.29, 0.717) is 31.1 Å². The van der Waals surface area contributed by atoms with E-state index in [4.69, 9.17) is 14.2 Å². The SMILES string of the molecule is CCCNC(=O)[C@@H](Cc1ccccc1)N(Cc1ccccc1C)C(=O)CN(c1ccc(OCC)cc1)S(=O)(=O)c1ccc(OC)c(OC)c1. The van der Waals surface area contributed by atoms with Crippen LogP contribution in [0.25, 0.3) is 0 Å². The summed E-state index contributed by atoms with van der Waals surface area (Å²) in [7, 11) is -1.48. The highest BCUT2D eigenvalue weighted by atomic mass is 32.2. The van der Waals surface area contributed by atoms with E-state index >= 15 is 0 Å². The Bertz CT molecular complexity index is 1800. The van der Waals surface area contributed by atoms with Crippen LogP contribution in [0, 0.1) is 6.92 Å². The van der Waals surface area contributed by atoms with Crippen molar-refractivity contribution in [3.05, 3.63) is 114 Å². The summed E-state index contributed by atoms with van der Waals surface area (Å²) in [4.78, 5) is 29.9. The molecule has 49 heavy (non-hydrogen) atoms. The van der Waals surface area contributed by atoms with Crippen molar-refractivity contribution in [1.82, 2.24) is 10.2 Å². The molecule has 0 spiro atoms. The van der Waals surface area contributed by atoms with Gasteiger partial charge < -0.3 is 24.4 Å². The Balaban J connectivity index is 1.83. The van der Waals surface area contributed by atoms with E-state index in [1.165, 1.54) is 37.3 Å². The van der Waals surface area contributed by atoms with Crippen molar-refractivity contribution in [1.29, 1.82) is 0 Å². The van der Waals surface area contributed by atoms with Crippen LogP contribution in [0.1, 0.15) is 37.0 Å². The van der Waals surface area contributed by atoms with Gasteiger partial charge in [0.2, 0.25) is 11.8 Å². The van der Waals surface area contributed by atoms with Crippen LogP contribution in [-0.2, 0) is 32.6 Å². The molecular weight excluding hydrogens is 642 g/mol. The number of amides is 2. The first kappa shape index (κ1) is 36.8. The van der Waals surface area contributed by atoms with Gasteiger partial charge in [0, 0.05) is 25.6 Å². The Kier molecular flexibility index (Phi) is 13.1. The smallest absolute Gasteiger partial charge is 0.264 e. The van der Waals surface area contributed by atoms with Gasteiger partial charge in [0.15, 0.2) is 11.5 Å². The van der Waals surface area contributed by atoms with Gasteiger partial charge in [0.1, 0.15) is 18.3 Å². The predicted octanol–water partition coefficient (Wildman–Crippen LogP) is 5.77. The summed E-state index contributed by atoms with van der Waals surface area (Å²) in [5.74, 6) is 0.268. The lowest BCUT2D eigenvalue weighted by Gasteiger charge is -2.34. The topological polar surface area (TPSA) is 114 Å². The lowest BCUT2D eigenvalue weighted by molar-refractivity contribution is -0.140. The summed E-state index contributed by atoms with van der Waals surface area (Å²) in [6, 6.07) is 26.9. The number of nitrogens with zero attached hydrogens (tertiary/aromatic N) is 2. The molecular formula is C38H45N3O7S. The number of methoxy groups -OCH3 is 2. The van der Waals surface area contributed by atoms with Gasteiger partial charge in [-0.05, 0) is 73.4 Å². The van der Waals surface area contributed by atoms with Gasteiger partial charge in [0.05, 0.1) is 31.4 Å². The highest BCUT2D eigenvalue weighted by molar-refractivity contribution is 7.92. The molecule has 0 fully saturated rings. The molecule has 0 aromatic heterocycles. The Morgan fingerprint density at radius 1 is 0.837 bits per heavy atom. The van der Waals surface area contributed by atoms with Crippen molar-refractivity contribution in [2.24, 2.45) is 0 Å². The fraction of sp³-hybridized carbons (Fsp3) is 0.316. The summed E-state index contributed by atoms with van der Waals surface area (Å²) in [6.07, 6.45) is 0.949. The molecule has 0 saturated carbocycles. The van der Waals surface area contributed by atoms with Gasteiger partial charge in [-0.1, -0.05) is 61.5 Å². The van der Waals surface area contributed by atoms with Crippen molar-refractivity contribution >= 4 is 27.5 Å². The summed E-state index contributed by atoms with van der Waals surface area (Å²) in [5, 5.41) is 2.97. The van der Waals surface area contributed by atoms with Crippen LogP contribution in [-0.4, -0.2) is 65.1 Å². The minimum atomic E-state index is -4.36. The number of nitrogens with one attached hydrogen (secondary N) is 1. The van der Waals surface area contributed by atoms with Crippen LogP contribution in [0.5, 0.6) is 17.2 Å². The maximum Gasteiger partial charge on any atom is 0.264 e. The lowest BCUT2D eigenvalue weighted by atomic mass is 10.0. The third-order valence-corrected chi connectivity index (χ3v) is 9.85. The van der Waals surface area contributed by atoms with Gasteiger partial charge in [0.25, 0.3) is 10.0 Å². The molecule has 0 radical (unpaired) electrons. The number of sulfonamides is 1. The van der Waals surface area contributed by atoms with Gasteiger partial charge in [-0.25, -0.2) is 8.42 Å². The number of carbonyl (C=O) groups excluding carboxylic acids is 2. The maximum atomic E-state index is 14.7. The largest absolute Gasteiger partial charge is 0.494 e. The molecule has 0 saturated heterocycles. The number of benzene rings is 4. The quantitative estimate of drug-likeness (QED) is 0.150. The summed E-state index contributed by atoms with van der Waals surface area (Å²) >= 11 is 0. The second-order valence-corrected chi connectivity index (χ2v) is 13.3. The van der Waals surface area contributed by atoms with E-state index in [9.17, 15) is 18.0 Å². The maximum absolute atomic E-state index is 14.7. The van der Waals surface area contributed by atoms with Crippen LogP contribution < -0.4 is 23.8 Å². The van der Waals surface area contributed by atoms with Crippen molar-refractivity contribution in [2.45, 2.75) is 51.1 Å². The normalized spacial score (nSPS) is 11.7. The van der Waals surface area contributed by atoms with Crippen LogP contribution in [0.15, 0.2) is 102 Å². The minimum absolute atomic E-state index is 0.0933. The van der Waals surface area contributed by atoms with Gasteiger partial charge in [-0.3, -0.25) is 13.9 Å². The van der Waals surface area contributed by atoms with Crippen molar-refractivity contribution in [2.75, 3.05) is 38.2 Å². The van der Waals surface area contributed by atoms with E-state index in [-0.39, 0.29) is 35.2 Å². The zero-order valence-electron chi connectivity index (χ0n) is 28.7. The number of aryl methyl sites for hydroxylation is 1. The molecule has 1 N–H and O–H groups in total. The zero-order valence-corrected chi connectivity index (χ0v) is 29.5. The first-order chi connectivity index (χ1) is 23.6. The Morgan fingerprint density at radius 2 is 1.51 bits per heavy atom. The summed E-state index contributed by atoms with van der Waals surface area (Å²) < 4.78 is 46.3. The van der Waals surface area contributed by atoms with E-state index < -0.39 is 28.5 Å². The van der Waals surface area contributed by atoms with Crippen LogP contribution >= 0.6 is 0 Å². The lowest BCUT2D eigenvalue weighted by Crippen LogP contribution is -2.53. The average Bonchev–Trinajstić information content (AvgIpc) is 3.12. The van der Waals surface area contributed by atoms with Crippen LogP contribution in [0.4, 0.5) is 5.69 Å². The molecule has 0 aliphatic rings. The molecule has 1 atom stereocenters. The second kappa shape index (κ2) is 17.4. The molecule has 0 bridgehead atoms. The average molecular weight is 688 g/mol. The summed E-state index contributed by atoms with van der Waals surface area (Å²) in [5.41, 5.74) is 2.89. The number of carbonyl (C=O) groups is 2. The minimum Gasteiger partial charge on any atom is -0.494 e. The van der Waals surface area contributed by atoms with Crippen LogP contribution in [0.3, 0.4) is 0 Å².